The van der Waals surface area contributed by atoms with Crippen molar-refractivity contribution >= 4 is 5.91 Å². The number of rotatable bonds is 2. The van der Waals surface area contributed by atoms with E-state index in [0.29, 0.717) is 61.0 Å². The van der Waals surface area contributed by atoms with Crippen LogP contribution in [-0.4, -0.2) is 40.8 Å². The molecule has 0 spiro atoms. The summed E-state index contributed by atoms with van der Waals surface area (Å²) in [6.07, 6.45) is 0.662. The average Bonchev–Trinajstić information content (AvgIpc) is 3.16. The molecule has 0 atom stereocenters. The number of benzene rings is 2. The highest BCUT2D eigenvalue weighted by atomic mass is 19.1. The second kappa shape index (κ2) is 6.67. The molecule has 1 aromatic heterocycles. The average molecular weight is 379 g/mol. The number of H-pyrrole nitrogens is 1. The molecule has 2 aliphatic rings. The molecule has 3 heterocycles. The molecule has 1 amide bonds. The van der Waals surface area contributed by atoms with E-state index in [1.165, 1.54) is 12.1 Å². The lowest BCUT2D eigenvalue weighted by molar-refractivity contribution is 0.0724. The molecule has 0 radical (unpaired) electrons. The van der Waals surface area contributed by atoms with Gasteiger partial charge in [0.15, 0.2) is 11.5 Å². The van der Waals surface area contributed by atoms with E-state index < -0.39 is 0 Å². The summed E-state index contributed by atoms with van der Waals surface area (Å²) < 4.78 is 24.9. The summed E-state index contributed by atoms with van der Waals surface area (Å²) in [5.74, 6) is 0.672. The zero-order valence-corrected chi connectivity index (χ0v) is 15.1. The van der Waals surface area contributed by atoms with E-state index in [4.69, 9.17) is 9.47 Å². The van der Waals surface area contributed by atoms with Crippen molar-refractivity contribution in [3.05, 3.63) is 65.1 Å². The molecular weight excluding hydrogens is 361 g/mol. The second-order valence-corrected chi connectivity index (χ2v) is 6.85. The molecule has 0 fully saturated rings. The highest BCUT2D eigenvalue weighted by Crippen LogP contribution is 2.35. The molecule has 1 N–H and O–H groups in total. The summed E-state index contributed by atoms with van der Waals surface area (Å²) in [7, 11) is 0. The van der Waals surface area contributed by atoms with Gasteiger partial charge < -0.3 is 14.4 Å². The molecule has 2 aromatic carbocycles. The SMILES string of the molecule is O=C(c1cccc2c1OCCO2)N1CCc2[nH]nc(-c3cccc(F)c3)c2C1. The van der Waals surface area contributed by atoms with Crippen LogP contribution in [0.5, 0.6) is 11.5 Å². The molecule has 7 heteroatoms. The quantitative estimate of drug-likeness (QED) is 0.743. The van der Waals surface area contributed by atoms with E-state index in [-0.39, 0.29) is 11.7 Å². The number of para-hydroxylation sites is 1. The summed E-state index contributed by atoms with van der Waals surface area (Å²) in [6.45, 7) is 1.87. The number of nitrogens with one attached hydrogen (secondary N) is 1. The third-order valence-corrected chi connectivity index (χ3v) is 5.12. The van der Waals surface area contributed by atoms with Gasteiger partial charge in [0.2, 0.25) is 0 Å². The Hall–Kier alpha value is -3.35. The van der Waals surface area contributed by atoms with Crippen LogP contribution in [0.25, 0.3) is 11.3 Å². The predicted octanol–water partition coefficient (Wildman–Crippen LogP) is 3.19. The summed E-state index contributed by atoms with van der Waals surface area (Å²) in [6, 6.07) is 11.7. The fraction of sp³-hybridized carbons (Fsp3) is 0.238. The number of aromatic nitrogens is 2. The number of carbonyl (C=O) groups excluding carboxylic acids is 1. The molecule has 6 nitrogen and oxygen atoms in total. The van der Waals surface area contributed by atoms with Crippen molar-refractivity contribution < 1.29 is 18.7 Å². The molecule has 0 aliphatic carbocycles. The van der Waals surface area contributed by atoms with E-state index in [2.05, 4.69) is 10.2 Å². The first-order valence-electron chi connectivity index (χ1n) is 9.20. The number of ether oxygens (including phenoxy) is 2. The molecule has 0 saturated heterocycles. The summed E-state index contributed by atoms with van der Waals surface area (Å²) in [5, 5.41) is 7.41. The predicted molar refractivity (Wildman–Crippen MR) is 99.9 cm³/mol. The summed E-state index contributed by atoms with van der Waals surface area (Å²) >= 11 is 0. The first kappa shape index (κ1) is 16.8. The van der Waals surface area contributed by atoms with Crippen molar-refractivity contribution in [3.8, 4) is 22.8 Å². The van der Waals surface area contributed by atoms with Crippen LogP contribution in [0.3, 0.4) is 0 Å². The van der Waals surface area contributed by atoms with Crippen LogP contribution in [0.4, 0.5) is 4.39 Å². The standard InChI is InChI=1S/C21H18FN3O3/c22-14-4-1-3-13(11-14)19-16-12-25(8-7-17(16)23-24-19)21(26)15-5-2-6-18-20(15)28-10-9-27-18/h1-6,11H,7-10,12H2,(H,23,24). The molecule has 5 rings (SSSR count). The Morgan fingerprint density at radius 1 is 1.14 bits per heavy atom. The fourth-order valence-electron chi connectivity index (χ4n) is 3.76. The van der Waals surface area contributed by atoms with Crippen LogP contribution >= 0.6 is 0 Å². The fourth-order valence-corrected chi connectivity index (χ4v) is 3.76. The van der Waals surface area contributed by atoms with Crippen molar-refractivity contribution in [1.29, 1.82) is 0 Å². The largest absolute Gasteiger partial charge is 0.486 e. The van der Waals surface area contributed by atoms with Gasteiger partial charge in [-0.15, -0.1) is 0 Å². The Bertz CT molecular complexity index is 1060. The van der Waals surface area contributed by atoms with Crippen LogP contribution in [0.15, 0.2) is 42.5 Å². The first-order valence-corrected chi connectivity index (χ1v) is 9.20. The van der Waals surface area contributed by atoms with E-state index >= 15 is 0 Å². The van der Waals surface area contributed by atoms with Crippen LogP contribution < -0.4 is 9.47 Å². The van der Waals surface area contributed by atoms with Gasteiger partial charge >= 0.3 is 0 Å². The van der Waals surface area contributed by atoms with Crippen molar-refractivity contribution in [2.45, 2.75) is 13.0 Å². The van der Waals surface area contributed by atoms with Crippen LogP contribution in [0.1, 0.15) is 21.6 Å². The molecule has 28 heavy (non-hydrogen) atoms. The Morgan fingerprint density at radius 3 is 2.89 bits per heavy atom. The lowest BCUT2D eigenvalue weighted by Gasteiger charge is -2.29. The Kier molecular flexibility index (Phi) is 4.00. The van der Waals surface area contributed by atoms with Crippen LogP contribution in [0, 0.1) is 5.82 Å². The third kappa shape index (κ3) is 2.79. The van der Waals surface area contributed by atoms with Crippen LogP contribution in [0.2, 0.25) is 0 Å². The number of hydrogen-bond donors (Lipinski definition) is 1. The maximum Gasteiger partial charge on any atom is 0.258 e. The normalized spacial score (nSPS) is 15.2. The molecular formula is C21H18FN3O3. The number of aromatic amines is 1. The smallest absolute Gasteiger partial charge is 0.258 e. The van der Waals surface area contributed by atoms with E-state index in [9.17, 15) is 9.18 Å². The third-order valence-electron chi connectivity index (χ3n) is 5.12. The summed E-state index contributed by atoms with van der Waals surface area (Å²) in [5.41, 5.74) is 3.78. The van der Waals surface area contributed by atoms with Gasteiger partial charge in [0, 0.05) is 36.3 Å². The van der Waals surface area contributed by atoms with Gasteiger partial charge in [0.05, 0.1) is 11.3 Å². The topological polar surface area (TPSA) is 67.5 Å². The van der Waals surface area contributed by atoms with Crippen molar-refractivity contribution in [3.63, 3.8) is 0 Å². The van der Waals surface area contributed by atoms with Gasteiger partial charge in [-0.05, 0) is 24.3 Å². The minimum absolute atomic E-state index is 0.112. The van der Waals surface area contributed by atoms with E-state index in [1.54, 1.807) is 29.2 Å². The second-order valence-electron chi connectivity index (χ2n) is 6.85. The minimum Gasteiger partial charge on any atom is -0.486 e. The molecule has 0 saturated carbocycles. The maximum absolute atomic E-state index is 13.6. The summed E-state index contributed by atoms with van der Waals surface area (Å²) in [4.78, 5) is 15.0. The minimum atomic E-state index is -0.314. The maximum atomic E-state index is 13.6. The van der Waals surface area contributed by atoms with Gasteiger partial charge in [0.25, 0.3) is 5.91 Å². The van der Waals surface area contributed by atoms with Crippen molar-refractivity contribution in [2.75, 3.05) is 19.8 Å². The van der Waals surface area contributed by atoms with Gasteiger partial charge in [0.1, 0.15) is 19.0 Å². The van der Waals surface area contributed by atoms with Gasteiger partial charge in [-0.2, -0.15) is 5.10 Å². The number of fused-ring (bicyclic) bond motifs is 2. The first-order chi connectivity index (χ1) is 13.7. The highest BCUT2D eigenvalue weighted by Gasteiger charge is 2.29. The van der Waals surface area contributed by atoms with Gasteiger partial charge in [-0.3, -0.25) is 9.89 Å². The number of nitrogens with zero attached hydrogens (tertiary/aromatic N) is 2. The molecule has 0 bridgehead atoms. The monoisotopic (exact) mass is 379 g/mol. The van der Waals surface area contributed by atoms with Crippen molar-refractivity contribution in [1.82, 2.24) is 15.1 Å². The van der Waals surface area contributed by atoms with Gasteiger partial charge in [-0.1, -0.05) is 18.2 Å². The van der Waals surface area contributed by atoms with Crippen molar-refractivity contribution in [2.24, 2.45) is 0 Å². The number of hydrogen-bond acceptors (Lipinski definition) is 4. The zero-order valence-electron chi connectivity index (χ0n) is 15.1. The molecule has 0 unspecified atom stereocenters. The van der Waals surface area contributed by atoms with E-state index in [0.717, 1.165) is 11.3 Å². The molecule has 142 valence electrons. The van der Waals surface area contributed by atoms with E-state index in [1.807, 2.05) is 6.07 Å². The number of amides is 1. The Balaban J connectivity index is 1.47. The number of halogens is 1. The highest BCUT2D eigenvalue weighted by molar-refractivity contribution is 5.98. The van der Waals surface area contributed by atoms with Gasteiger partial charge in [-0.25, -0.2) is 4.39 Å². The lowest BCUT2D eigenvalue weighted by atomic mass is 10.00. The molecule has 3 aromatic rings. The zero-order chi connectivity index (χ0) is 19.1. The van der Waals surface area contributed by atoms with Crippen LogP contribution in [-0.2, 0) is 13.0 Å². The lowest BCUT2D eigenvalue weighted by Crippen LogP contribution is -2.36. The number of carbonyl (C=O) groups is 1. The Morgan fingerprint density at radius 2 is 2.00 bits per heavy atom. The Labute approximate surface area is 160 Å². The molecule has 2 aliphatic heterocycles.